The SMILES string of the molecule is CCCCCC(C)NCCOC1CCCc2ccccc21. The molecule has 0 heterocycles. The summed E-state index contributed by atoms with van der Waals surface area (Å²) in [7, 11) is 0. The van der Waals surface area contributed by atoms with Gasteiger partial charge in [0, 0.05) is 12.6 Å². The molecule has 1 aliphatic carbocycles. The first-order valence-corrected chi connectivity index (χ1v) is 8.74. The summed E-state index contributed by atoms with van der Waals surface area (Å²) < 4.78 is 6.12. The van der Waals surface area contributed by atoms with E-state index in [1.165, 1.54) is 56.1 Å². The number of benzene rings is 1. The number of ether oxygens (including phenoxy) is 1. The van der Waals surface area contributed by atoms with Crippen molar-refractivity contribution in [1.82, 2.24) is 5.32 Å². The zero-order chi connectivity index (χ0) is 14.9. The normalized spacial score (nSPS) is 19.2. The Balaban J connectivity index is 1.65. The molecule has 1 aromatic rings. The standard InChI is InChI=1S/C19H31NO/c1-3-4-5-9-16(2)20-14-15-21-19-13-8-11-17-10-6-7-12-18(17)19/h6-7,10,12,16,19-20H,3-5,8-9,11,13-15H2,1-2H3. The number of rotatable bonds is 9. The van der Waals surface area contributed by atoms with Gasteiger partial charge >= 0.3 is 0 Å². The van der Waals surface area contributed by atoms with Crippen molar-refractivity contribution in [3.05, 3.63) is 35.4 Å². The third kappa shape index (κ3) is 5.44. The van der Waals surface area contributed by atoms with Crippen molar-refractivity contribution in [2.24, 2.45) is 0 Å². The lowest BCUT2D eigenvalue weighted by Crippen LogP contribution is -2.30. The summed E-state index contributed by atoms with van der Waals surface area (Å²) in [5.74, 6) is 0. The number of hydrogen-bond donors (Lipinski definition) is 1. The summed E-state index contributed by atoms with van der Waals surface area (Å²) in [6, 6.07) is 9.37. The predicted molar refractivity (Wildman–Crippen MR) is 89.7 cm³/mol. The van der Waals surface area contributed by atoms with Crippen molar-refractivity contribution >= 4 is 0 Å². The average Bonchev–Trinajstić information content (AvgIpc) is 2.52. The molecule has 0 radical (unpaired) electrons. The van der Waals surface area contributed by atoms with E-state index in [-0.39, 0.29) is 0 Å². The van der Waals surface area contributed by atoms with Crippen LogP contribution in [0.15, 0.2) is 24.3 Å². The molecule has 0 aliphatic heterocycles. The predicted octanol–water partition coefficient (Wildman–Crippen LogP) is 4.64. The molecule has 0 amide bonds. The zero-order valence-corrected chi connectivity index (χ0v) is 13.7. The third-order valence-electron chi connectivity index (χ3n) is 4.47. The first-order chi connectivity index (χ1) is 10.3. The van der Waals surface area contributed by atoms with Crippen LogP contribution in [-0.4, -0.2) is 19.2 Å². The Morgan fingerprint density at radius 3 is 3.00 bits per heavy atom. The van der Waals surface area contributed by atoms with Crippen LogP contribution in [-0.2, 0) is 11.2 Å². The summed E-state index contributed by atoms with van der Waals surface area (Å²) in [5.41, 5.74) is 2.90. The van der Waals surface area contributed by atoms with E-state index < -0.39 is 0 Å². The van der Waals surface area contributed by atoms with Gasteiger partial charge in [-0.25, -0.2) is 0 Å². The van der Waals surface area contributed by atoms with E-state index in [1.54, 1.807) is 0 Å². The first kappa shape index (κ1) is 16.5. The van der Waals surface area contributed by atoms with Crippen LogP contribution in [0.1, 0.15) is 69.6 Å². The summed E-state index contributed by atoms with van der Waals surface area (Å²) in [6.07, 6.45) is 9.21. The lowest BCUT2D eigenvalue weighted by atomic mass is 9.89. The van der Waals surface area contributed by atoms with Crippen LogP contribution in [0.2, 0.25) is 0 Å². The molecule has 21 heavy (non-hydrogen) atoms. The van der Waals surface area contributed by atoms with E-state index in [0.29, 0.717) is 12.1 Å². The summed E-state index contributed by atoms with van der Waals surface area (Å²) in [6.45, 7) is 6.32. The number of aryl methyl sites for hydroxylation is 1. The second-order valence-corrected chi connectivity index (χ2v) is 6.30. The minimum Gasteiger partial charge on any atom is -0.372 e. The van der Waals surface area contributed by atoms with Gasteiger partial charge in [0.2, 0.25) is 0 Å². The molecule has 2 heteroatoms. The lowest BCUT2D eigenvalue weighted by Gasteiger charge is -2.26. The lowest BCUT2D eigenvalue weighted by molar-refractivity contribution is 0.0416. The monoisotopic (exact) mass is 289 g/mol. The number of nitrogens with one attached hydrogen (secondary N) is 1. The number of unbranched alkanes of at least 4 members (excludes halogenated alkanes) is 2. The average molecular weight is 289 g/mol. The van der Waals surface area contributed by atoms with Crippen molar-refractivity contribution in [3.8, 4) is 0 Å². The molecular formula is C19H31NO. The fraction of sp³-hybridized carbons (Fsp3) is 0.684. The van der Waals surface area contributed by atoms with Gasteiger partial charge < -0.3 is 10.1 Å². The van der Waals surface area contributed by atoms with Crippen molar-refractivity contribution in [2.45, 2.75) is 70.9 Å². The van der Waals surface area contributed by atoms with Crippen molar-refractivity contribution in [2.75, 3.05) is 13.2 Å². The van der Waals surface area contributed by atoms with E-state index in [0.717, 1.165) is 13.2 Å². The Bertz CT molecular complexity index is 404. The Morgan fingerprint density at radius 1 is 1.29 bits per heavy atom. The number of hydrogen-bond acceptors (Lipinski definition) is 2. The molecule has 0 aromatic heterocycles. The van der Waals surface area contributed by atoms with Crippen LogP contribution in [0.5, 0.6) is 0 Å². The van der Waals surface area contributed by atoms with Gasteiger partial charge in [0.25, 0.3) is 0 Å². The minimum atomic E-state index is 0.312. The van der Waals surface area contributed by atoms with E-state index in [4.69, 9.17) is 4.74 Å². The van der Waals surface area contributed by atoms with E-state index in [2.05, 4.69) is 43.4 Å². The fourth-order valence-electron chi connectivity index (χ4n) is 3.19. The summed E-state index contributed by atoms with van der Waals surface area (Å²) in [5, 5.41) is 3.58. The van der Waals surface area contributed by atoms with Gasteiger partial charge in [-0.1, -0.05) is 50.5 Å². The molecule has 2 rings (SSSR count). The molecular weight excluding hydrogens is 258 g/mol. The highest BCUT2D eigenvalue weighted by molar-refractivity contribution is 5.31. The quantitative estimate of drug-likeness (QED) is 0.669. The third-order valence-corrected chi connectivity index (χ3v) is 4.47. The van der Waals surface area contributed by atoms with Crippen LogP contribution in [0.3, 0.4) is 0 Å². The Morgan fingerprint density at radius 2 is 2.14 bits per heavy atom. The topological polar surface area (TPSA) is 21.3 Å². The largest absolute Gasteiger partial charge is 0.372 e. The van der Waals surface area contributed by atoms with Crippen LogP contribution >= 0.6 is 0 Å². The molecule has 1 aromatic carbocycles. The highest BCUT2D eigenvalue weighted by Gasteiger charge is 2.19. The van der Waals surface area contributed by atoms with E-state index in [1.807, 2.05) is 0 Å². The molecule has 2 unspecified atom stereocenters. The maximum Gasteiger partial charge on any atom is 0.0828 e. The summed E-state index contributed by atoms with van der Waals surface area (Å²) >= 11 is 0. The van der Waals surface area contributed by atoms with Gasteiger partial charge in [0.05, 0.1) is 12.7 Å². The molecule has 0 bridgehead atoms. The molecule has 0 saturated carbocycles. The molecule has 118 valence electrons. The molecule has 0 fully saturated rings. The van der Waals surface area contributed by atoms with Gasteiger partial charge in [0.15, 0.2) is 0 Å². The molecule has 1 N–H and O–H groups in total. The smallest absolute Gasteiger partial charge is 0.0828 e. The maximum absolute atomic E-state index is 6.12. The Kier molecular flexibility index (Phi) is 7.25. The van der Waals surface area contributed by atoms with Crippen molar-refractivity contribution in [1.29, 1.82) is 0 Å². The molecule has 0 spiro atoms. The molecule has 1 aliphatic rings. The minimum absolute atomic E-state index is 0.312. The van der Waals surface area contributed by atoms with Crippen LogP contribution < -0.4 is 5.32 Å². The maximum atomic E-state index is 6.12. The van der Waals surface area contributed by atoms with Gasteiger partial charge in [-0.05, 0) is 43.7 Å². The van der Waals surface area contributed by atoms with Crippen LogP contribution in [0, 0.1) is 0 Å². The van der Waals surface area contributed by atoms with Crippen LogP contribution in [0.25, 0.3) is 0 Å². The van der Waals surface area contributed by atoms with Crippen molar-refractivity contribution in [3.63, 3.8) is 0 Å². The second-order valence-electron chi connectivity index (χ2n) is 6.30. The highest BCUT2D eigenvalue weighted by atomic mass is 16.5. The first-order valence-electron chi connectivity index (χ1n) is 8.74. The zero-order valence-electron chi connectivity index (χ0n) is 13.7. The van der Waals surface area contributed by atoms with Crippen molar-refractivity contribution < 1.29 is 4.74 Å². The Labute approximate surface area is 130 Å². The van der Waals surface area contributed by atoms with Gasteiger partial charge in [-0.2, -0.15) is 0 Å². The molecule has 0 saturated heterocycles. The van der Waals surface area contributed by atoms with Crippen LogP contribution in [0.4, 0.5) is 0 Å². The second kappa shape index (κ2) is 9.22. The van der Waals surface area contributed by atoms with Gasteiger partial charge in [-0.15, -0.1) is 0 Å². The van der Waals surface area contributed by atoms with Gasteiger partial charge in [-0.3, -0.25) is 0 Å². The van der Waals surface area contributed by atoms with E-state index >= 15 is 0 Å². The molecule has 2 nitrogen and oxygen atoms in total. The highest BCUT2D eigenvalue weighted by Crippen LogP contribution is 2.31. The fourth-order valence-corrected chi connectivity index (χ4v) is 3.19. The number of fused-ring (bicyclic) bond motifs is 1. The summed E-state index contributed by atoms with van der Waals surface area (Å²) in [4.78, 5) is 0. The van der Waals surface area contributed by atoms with E-state index in [9.17, 15) is 0 Å². The van der Waals surface area contributed by atoms with Gasteiger partial charge in [0.1, 0.15) is 0 Å². The molecule has 2 atom stereocenters. The Hall–Kier alpha value is -0.860.